The lowest BCUT2D eigenvalue weighted by Crippen LogP contribution is -2.02. The fourth-order valence-electron chi connectivity index (χ4n) is 1.58. The second-order valence-corrected chi connectivity index (χ2v) is 4.45. The minimum Gasteiger partial charge on any atom is -0.493 e. The molecule has 0 radical (unpaired) electrons. The minimum absolute atomic E-state index is 0.547. The molecule has 0 aromatic heterocycles. The molecule has 1 aliphatic rings. The maximum absolute atomic E-state index is 5.82. The monoisotopic (exact) mass is 190 g/mol. The average Bonchev–Trinajstić information content (AvgIpc) is 2.98. The Balaban J connectivity index is 2.05. The van der Waals surface area contributed by atoms with E-state index in [0.29, 0.717) is 5.92 Å². The predicted octanol–water partition coefficient (Wildman–Crippen LogP) is 3.60. The first-order valence-electron chi connectivity index (χ1n) is 5.49. The molecule has 0 aliphatic heterocycles. The summed E-state index contributed by atoms with van der Waals surface area (Å²) < 4.78 is 5.82. The standard InChI is InChI=1S/C13H18O/c1-10(2)12-5-3-4-6-13(12)14-9-11-7-8-11/h3-6,10-11H,7-9H2,1-2H3. The molecule has 0 heterocycles. The van der Waals surface area contributed by atoms with Crippen molar-refractivity contribution in [2.75, 3.05) is 6.61 Å². The molecule has 0 bridgehead atoms. The Hall–Kier alpha value is -0.980. The second kappa shape index (κ2) is 4.04. The Labute approximate surface area is 86.1 Å². The Bertz CT molecular complexity index is 300. The van der Waals surface area contributed by atoms with Crippen LogP contribution in [0, 0.1) is 5.92 Å². The number of para-hydroxylation sites is 1. The van der Waals surface area contributed by atoms with Crippen LogP contribution in [-0.4, -0.2) is 6.61 Å². The third-order valence-corrected chi connectivity index (χ3v) is 2.71. The molecule has 0 unspecified atom stereocenters. The van der Waals surface area contributed by atoms with Crippen molar-refractivity contribution in [1.29, 1.82) is 0 Å². The van der Waals surface area contributed by atoms with E-state index in [1.54, 1.807) is 0 Å². The number of hydrogen-bond acceptors (Lipinski definition) is 1. The van der Waals surface area contributed by atoms with Gasteiger partial charge in [0.15, 0.2) is 0 Å². The van der Waals surface area contributed by atoms with Gasteiger partial charge in [0.05, 0.1) is 6.61 Å². The molecule has 1 heteroatoms. The molecular weight excluding hydrogens is 172 g/mol. The minimum atomic E-state index is 0.547. The van der Waals surface area contributed by atoms with E-state index in [1.807, 2.05) is 6.07 Å². The van der Waals surface area contributed by atoms with Gasteiger partial charge in [-0.3, -0.25) is 0 Å². The molecule has 0 saturated heterocycles. The molecule has 1 nitrogen and oxygen atoms in total. The number of ether oxygens (including phenoxy) is 1. The first kappa shape index (κ1) is 9.57. The Morgan fingerprint density at radius 3 is 2.64 bits per heavy atom. The second-order valence-electron chi connectivity index (χ2n) is 4.45. The van der Waals surface area contributed by atoms with Gasteiger partial charge in [-0.1, -0.05) is 32.0 Å². The normalized spacial score (nSPS) is 15.9. The first-order chi connectivity index (χ1) is 6.77. The molecule has 2 rings (SSSR count). The summed E-state index contributed by atoms with van der Waals surface area (Å²) >= 11 is 0. The van der Waals surface area contributed by atoms with Gasteiger partial charge in [0, 0.05) is 0 Å². The van der Waals surface area contributed by atoms with Crippen molar-refractivity contribution < 1.29 is 4.74 Å². The number of hydrogen-bond donors (Lipinski definition) is 0. The zero-order chi connectivity index (χ0) is 9.97. The highest BCUT2D eigenvalue weighted by Crippen LogP contribution is 2.31. The summed E-state index contributed by atoms with van der Waals surface area (Å²) in [5.41, 5.74) is 1.33. The molecule has 1 saturated carbocycles. The van der Waals surface area contributed by atoms with Crippen molar-refractivity contribution in [2.45, 2.75) is 32.6 Å². The molecule has 1 aromatic rings. The summed E-state index contributed by atoms with van der Waals surface area (Å²) in [4.78, 5) is 0. The van der Waals surface area contributed by atoms with Crippen LogP contribution >= 0.6 is 0 Å². The fourth-order valence-corrected chi connectivity index (χ4v) is 1.58. The highest BCUT2D eigenvalue weighted by Gasteiger charge is 2.22. The van der Waals surface area contributed by atoms with E-state index >= 15 is 0 Å². The van der Waals surface area contributed by atoms with Crippen molar-refractivity contribution in [2.24, 2.45) is 5.92 Å². The van der Waals surface area contributed by atoms with Gasteiger partial charge >= 0.3 is 0 Å². The van der Waals surface area contributed by atoms with Gasteiger partial charge in [0.1, 0.15) is 5.75 Å². The third kappa shape index (κ3) is 2.28. The molecular formula is C13H18O. The van der Waals surface area contributed by atoms with Crippen molar-refractivity contribution in [1.82, 2.24) is 0 Å². The summed E-state index contributed by atoms with van der Waals surface area (Å²) in [5.74, 6) is 2.45. The zero-order valence-corrected chi connectivity index (χ0v) is 8.99. The van der Waals surface area contributed by atoms with Crippen molar-refractivity contribution in [3.05, 3.63) is 29.8 Å². The molecule has 1 aliphatic carbocycles. The van der Waals surface area contributed by atoms with Gasteiger partial charge in [-0.2, -0.15) is 0 Å². The van der Waals surface area contributed by atoms with Crippen LogP contribution in [0.1, 0.15) is 38.2 Å². The fraction of sp³-hybridized carbons (Fsp3) is 0.538. The van der Waals surface area contributed by atoms with E-state index in [9.17, 15) is 0 Å². The zero-order valence-electron chi connectivity index (χ0n) is 8.99. The maximum atomic E-state index is 5.82. The first-order valence-corrected chi connectivity index (χ1v) is 5.49. The van der Waals surface area contributed by atoms with Crippen molar-refractivity contribution in [3.8, 4) is 5.75 Å². The van der Waals surface area contributed by atoms with Gasteiger partial charge < -0.3 is 4.74 Å². The lowest BCUT2D eigenvalue weighted by Gasteiger charge is -2.13. The van der Waals surface area contributed by atoms with Crippen LogP contribution in [0.2, 0.25) is 0 Å². The van der Waals surface area contributed by atoms with Crippen molar-refractivity contribution >= 4 is 0 Å². The van der Waals surface area contributed by atoms with Crippen LogP contribution in [0.25, 0.3) is 0 Å². The van der Waals surface area contributed by atoms with Crippen LogP contribution < -0.4 is 4.74 Å². The summed E-state index contributed by atoms with van der Waals surface area (Å²) in [6.45, 7) is 5.32. The molecule has 0 amide bonds. The van der Waals surface area contributed by atoms with E-state index in [0.717, 1.165) is 18.3 Å². The van der Waals surface area contributed by atoms with Gasteiger partial charge in [-0.25, -0.2) is 0 Å². The summed E-state index contributed by atoms with van der Waals surface area (Å²) in [6.07, 6.45) is 2.70. The van der Waals surface area contributed by atoms with Gasteiger partial charge in [0.2, 0.25) is 0 Å². The summed E-state index contributed by atoms with van der Waals surface area (Å²) in [5, 5.41) is 0. The van der Waals surface area contributed by atoms with E-state index in [2.05, 4.69) is 32.0 Å². The third-order valence-electron chi connectivity index (χ3n) is 2.71. The highest BCUT2D eigenvalue weighted by molar-refractivity contribution is 5.35. The SMILES string of the molecule is CC(C)c1ccccc1OCC1CC1. The maximum Gasteiger partial charge on any atom is 0.122 e. The molecule has 0 N–H and O–H groups in total. The van der Waals surface area contributed by atoms with E-state index < -0.39 is 0 Å². The van der Waals surface area contributed by atoms with Gasteiger partial charge in [-0.05, 0) is 36.3 Å². The van der Waals surface area contributed by atoms with Gasteiger partial charge in [-0.15, -0.1) is 0 Å². The highest BCUT2D eigenvalue weighted by atomic mass is 16.5. The lowest BCUT2D eigenvalue weighted by molar-refractivity contribution is 0.296. The smallest absolute Gasteiger partial charge is 0.122 e. The summed E-state index contributed by atoms with van der Waals surface area (Å²) in [6, 6.07) is 8.37. The summed E-state index contributed by atoms with van der Waals surface area (Å²) in [7, 11) is 0. The van der Waals surface area contributed by atoms with Crippen LogP contribution in [0.3, 0.4) is 0 Å². The molecule has 76 valence electrons. The Morgan fingerprint density at radius 1 is 1.29 bits per heavy atom. The van der Waals surface area contributed by atoms with Crippen molar-refractivity contribution in [3.63, 3.8) is 0 Å². The Kier molecular flexibility index (Phi) is 2.76. The quantitative estimate of drug-likeness (QED) is 0.705. The largest absolute Gasteiger partial charge is 0.493 e. The molecule has 1 fully saturated rings. The van der Waals surface area contributed by atoms with E-state index in [1.165, 1.54) is 18.4 Å². The molecule has 0 spiro atoms. The molecule has 0 atom stereocenters. The molecule has 1 aromatic carbocycles. The molecule has 14 heavy (non-hydrogen) atoms. The lowest BCUT2D eigenvalue weighted by atomic mass is 10.0. The van der Waals surface area contributed by atoms with E-state index in [-0.39, 0.29) is 0 Å². The van der Waals surface area contributed by atoms with Crippen LogP contribution in [-0.2, 0) is 0 Å². The number of rotatable bonds is 4. The topological polar surface area (TPSA) is 9.23 Å². The predicted molar refractivity (Wildman–Crippen MR) is 58.8 cm³/mol. The Morgan fingerprint density at radius 2 is 2.00 bits per heavy atom. The van der Waals surface area contributed by atoms with Gasteiger partial charge in [0.25, 0.3) is 0 Å². The van der Waals surface area contributed by atoms with Crippen LogP contribution in [0.15, 0.2) is 24.3 Å². The number of benzene rings is 1. The average molecular weight is 190 g/mol. The van der Waals surface area contributed by atoms with Crippen LogP contribution in [0.4, 0.5) is 0 Å². The van der Waals surface area contributed by atoms with E-state index in [4.69, 9.17) is 4.74 Å². The van der Waals surface area contributed by atoms with Crippen LogP contribution in [0.5, 0.6) is 5.75 Å².